The topological polar surface area (TPSA) is 88.6 Å². The monoisotopic (exact) mass is 295 g/mol. The van der Waals surface area contributed by atoms with Crippen LogP contribution in [0.2, 0.25) is 0 Å². The SMILES string of the molecule is CCn1cc([N+](=O)[O-])cc1C(=O)N1CCCCC1CCO. The second-order valence-corrected chi connectivity index (χ2v) is 5.29. The number of likely N-dealkylation sites (tertiary alicyclic amines) is 1. The maximum atomic E-state index is 12.7. The molecule has 1 atom stereocenters. The Morgan fingerprint density at radius 2 is 2.29 bits per heavy atom. The average molecular weight is 295 g/mol. The highest BCUT2D eigenvalue weighted by atomic mass is 16.6. The molecule has 1 saturated heterocycles. The number of aromatic nitrogens is 1. The Hall–Kier alpha value is -1.89. The third-order valence-electron chi connectivity index (χ3n) is 4.00. The van der Waals surface area contributed by atoms with E-state index in [0.717, 1.165) is 19.3 Å². The second-order valence-electron chi connectivity index (χ2n) is 5.29. The van der Waals surface area contributed by atoms with Gasteiger partial charge in [0.2, 0.25) is 0 Å². The molecule has 2 rings (SSSR count). The van der Waals surface area contributed by atoms with Gasteiger partial charge in [-0.2, -0.15) is 0 Å². The van der Waals surface area contributed by atoms with Crippen molar-refractivity contribution < 1.29 is 14.8 Å². The van der Waals surface area contributed by atoms with E-state index in [-0.39, 0.29) is 24.2 Å². The van der Waals surface area contributed by atoms with Crippen LogP contribution in [-0.2, 0) is 6.54 Å². The minimum Gasteiger partial charge on any atom is -0.396 e. The van der Waals surface area contributed by atoms with Gasteiger partial charge in [0, 0.05) is 31.8 Å². The van der Waals surface area contributed by atoms with Crippen molar-refractivity contribution >= 4 is 11.6 Å². The summed E-state index contributed by atoms with van der Waals surface area (Å²) in [6.07, 6.45) is 4.81. The number of carbonyl (C=O) groups excluding carboxylic acids is 1. The van der Waals surface area contributed by atoms with Crippen LogP contribution in [-0.4, -0.2) is 44.6 Å². The molecule has 21 heavy (non-hydrogen) atoms. The van der Waals surface area contributed by atoms with E-state index in [1.165, 1.54) is 12.3 Å². The van der Waals surface area contributed by atoms with Gasteiger partial charge in [0.1, 0.15) is 5.69 Å². The van der Waals surface area contributed by atoms with E-state index in [9.17, 15) is 14.9 Å². The zero-order chi connectivity index (χ0) is 15.4. The molecule has 0 aliphatic carbocycles. The molecule has 1 fully saturated rings. The van der Waals surface area contributed by atoms with Gasteiger partial charge in [0.25, 0.3) is 11.6 Å². The van der Waals surface area contributed by atoms with Crippen molar-refractivity contribution in [3.63, 3.8) is 0 Å². The number of rotatable bonds is 5. The molecule has 116 valence electrons. The molecule has 0 radical (unpaired) electrons. The quantitative estimate of drug-likeness (QED) is 0.662. The lowest BCUT2D eigenvalue weighted by atomic mass is 9.99. The molecule has 0 saturated carbocycles. The fraction of sp³-hybridized carbons (Fsp3) is 0.643. The van der Waals surface area contributed by atoms with Crippen LogP contribution in [0.3, 0.4) is 0 Å². The summed E-state index contributed by atoms with van der Waals surface area (Å²) in [5.41, 5.74) is 0.296. The van der Waals surface area contributed by atoms with Gasteiger partial charge < -0.3 is 14.6 Å². The van der Waals surface area contributed by atoms with Gasteiger partial charge in [-0.3, -0.25) is 14.9 Å². The summed E-state index contributed by atoms with van der Waals surface area (Å²) in [6, 6.07) is 1.37. The maximum absolute atomic E-state index is 12.7. The molecule has 2 heterocycles. The van der Waals surface area contributed by atoms with Crippen molar-refractivity contribution in [1.82, 2.24) is 9.47 Å². The molecule has 1 N–H and O–H groups in total. The number of piperidine rings is 1. The maximum Gasteiger partial charge on any atom is 0.287 e. The predicted molar refractivity (Wildman–Crippen MR) is 77.1 cm³/mol. The van der Waals surface area contributed by atoms with Crippen LogP contribution < -0.4 is 0 Å². The minimum absolute atomic E-state index is 0.0236. The van der Waals surface area contributed by atoms with Crippen molar-refractivity contribution in [1.29, 1.82) is 0 Å². The standard InChI is InChI=1S/C14H21N3O4/c1-2-15-10-12(17(20)21)9-13(15)14(19)16-7-4-3-5-11(16)6-8-18/h9-11,18H,2-8H2,1H3. The summed E-state index contributed by atoms with van der Waals surface area (Å²) in [7, 11) is 0. The smallest absolute Gasteiger partial charge is 0.287 e. The van der Waals surface area contributed by atoms with Crippen LogP contribution in [0.15, 0.2) is 12.3 Å². The van der Waals surface area contributed by atoms with Gasteiger partial charge in [-0.25, -0.2) is 0 Å². The van der Waals surface area contributed by atoms with E-state index < -0.39 is 4.92 Å². The highest BCUT2D eigenvalue weighted by Gasteiger charge is 2.30. The number of nitro groups is 1. The Labute approximate surface area is 123 Å². The lowest BCUT2D eigenvalue weighted by Crippen LogP contribution is -2.44. The molecule has 0 bridgehead atoms. The normalized spacial score (nSPS) is 18.8. The first kappa shape index (κ1) is 15.5. The number of aryl methyl sites for hydroxylation is 1. The van der Waals surface area contributed by atoms with Crippen molar-refractivity contribution in [2.24, 2.45) is 0 Å². The summed E-state index contributed by atoms with van der Waals surface area (Å²) in [6.45, 7) is 3.05. The van der Waals surface area contributed by atoms with Crippen LogP contribution in [0.5, 0.6) is 0 Å². The van der Waals surface area contributed by atoms with Crippen LogP contribution in [0, 0.1) is 10.1 Å². The number of amides is 1. The van der Waals surface area contributed by atoms with Crippen LogP contribution >= 0.6 is 0 Å². The summed E-state index contributed by atoms with van der Waals surface area (Å²) in [5.74, 6) is -0.178. The zero-order valence-electron chi connectivity index (χ0n) is 12.2. The second kappa shape index (κ2) is 6.71. The fourth-order valence-corrected chi connectivity index (χ4v) is 2.90. The summed E-state index contributed by atoms with van der Waals surface area (Å²) >= 11 is 0. The number of aliphatic hydroxyl groups excluding tert-OH is 1. The first-order chi connectivity index (χ1) is 10.1. The van der Waals surface area contributed by atoms with Gasteiger partial charge in [-0.15, -0.1) is 0 Å². The number of aliphatic hydroxyl groups is 1. The van der Waals surface area contributed by atoms with E-state index in [1.807, 2.05) is 6.92 Å². The van der Waals surface area contributed by atoms with Crippen molar-refractivity contribution in [2.45, 2.75) is 45.2 Å². The Morgan fingerprint density at radius 3 is 2.90 bits per heavy atom. The molecule has 7 heteroatoms. The van der Waals surface area contributed by atoms with E-state index in [2.05, 4.69) is 0 Å². The summed E-state index contributed by atoms with van der Waals surface area (Å²) in [4.78, 5) is 24.9. The Balaban J connectivity index is 2.27. The van der Waals surface area contributed by atoms with Crippen molar-refractivity contribution in [3.8, 4) is 0 Å². The van der Waals surface area contributed by atoms with Gasteiger partial charge in [-0.1, -0.05) is 0 Å². The third kappa shape index (κ3) is 3.24. The first-order valence-corrected chi connectivity index (χ1v) is 7.34. The van der Waals surface area contributed by atoms with Gasteiger partial charge in [0.05, 0.1) is 11.1 Å². The highest BCUT2D eigenvalue weighted by molar-refractivity contribution is 5.94. The number of hydrogen-bond acceptors (Lipinski definition) is 4. The highest BCUT2D eigenvalue weighted by Crippen LogP contribution is 2.24. The molecule has 1 aromatic heterocycles. The summed E-state index contributed by atoms with van der Waals surface area (Å²) in [5, 5.41) is 20.0. The zero-order valence-corrected chi connectivity index (χ0v) is 12.2. The van der Waals surface area contributed by atoms with E-state index in [1.54, 1.807) is 9.47 Å². The van der Waals surface area contributed by atoms with E-state index in [4.69, 9.17) is 5.11 Å². The minimum atomic E-state index is -0.482. The molecule has 1 aromatic rings. The fourth-order valence-electron chi connectivity index (χ4n) is 2.90. The van der Waals surface area contributed by atoms with Gasteiger partial charge in [0.15, 0.2) is 0 Å². The number of carbonyl (C=O) groups is 1. The Kier molecular flexibility index (Phi) is 4.95. The Morgan fingerprint density at radius 1 is 1.52 bits per heavy atom. The van der Waals surface area contributed by atoms with Gasteiger partial charge in [-0.05, 0) is 32.6 Å². The van der Waals surface area contributed by atoms with E-state index in [0.29, 0.717) is 25.2 Å². The number of nitrogens with zero attached hydrogens (tertiary/aromatic N) is 3. The van der Waals surface area contributed by atoms with Crippen molar-refractivity contribution in [2.75, 3.05) is 13.2 Å². The molecular formula is C14H21N3O4. The molecule has 1 amide bonds. The van der Waals surface area contributed by atoms with Crippen molar-refractivity contribution in [3.05, 3.63) is 28.1 Å². The summed E-state index contributed by atoms with van der Waals surface area (Å²) < 4.78 is 1.62. The molecule has 1 unspecified atom stereocenters. The predicted octanol–water partition coefficient (Wildman–Crippen LogP) is 1.79. The van der Waals surface area contributed by atoms with Gasteiger partial charge >= 0.3 is 0 Å². The van der Waals surface area contributed by atoms with E-state index >= 15 is 0 Å². The lowest BCUT2D eigenvalue weighted by Gasteiger charge is -2.35. The third-order valence-corrected chi connectivity index (χ3v) is 4.00. The molecule has 1 aliphatic heterocycles. The molecule has 1 aliphatic rings. The molecular weight excluding hydrogens is 274 g/mol. The Bertz CT molecular complexity index is 524. The van der Waals surface area contributed by atoms with Crippen LogP contribution in [0.4, 0.5) is 5.69 Å². The molecule has 0 aromatic carbocycles. The largest absolute Gasteiger partial charge is 0.396 e. The number of hydrogen-bond donors (Lipinski definition) is 1. The van der Waals surface area contributed by atoms with Crippen LogP contribution in [0.25, 0.3) is 0 Å². The van der Waals surface area contributed by atoms with Crippen LogP contribution in [0.1, 0.15) is 43.1 Å². The first-order valence-electron chi connectivity index (χ1n) is 7.34. The molecule has 7 nitrogen and oxygen atoms in total. The lowest BCUT2D eigenvalue weighted by molar-refractivity contribution is -0.384. The average Bonchev–Trinajstić information content (AvgIpc) is 2.92. The molecule has 0 spiro atoms.